The van der Waals surface area contributed by atoms with Crippen LogP contribution >= 0.6 is 11.8 Å². The second kappa shape index (κ2) is 8.39. The molecular formula is C22H30N4OS. The summed E-state index contributed by atoms with van der Waals surface area (Å²) in [5.74, 6) is 0.360. The number of rotatable bonds is 6. The SMILES string of the molecule is CC1(C)SC(C(CCCN2CCNCC2)c2cc3ccccc3cn2)NC1=O. The molecular weight excluding hydrogens is 368 g/mol. The molecule has 2 aliphatic rings. The van der Waals surface area contributed by atoms with Crippen molar-refractivity contribution in [2.45, 2.75) is 42.7 Å². The van der Waals surface area contributed by atoms with Gasteiger partial charge in [-0.25, -0.2) is 0 Å². The van der Waals surface area contributed by atoms with Crippen molar-refractivity contribution in [3.8, 4) is 0 Å². The molecule has 150 valence electrons. The molecule has 6 heteroatoms. The van der Waals surface area contributed by atoms with Gasteiger partial charge in [0.2, 0.25) is 5.91 Å². The van der Waals surface area contributed by atoms with Crippen molar-refractivity contribution >= 4 is 28.4 Å². The number of benzene rings is 1. The molecule has 2 atom stereocenters. The van der Waals surface area contributed by atoms with Crippen molar-refractivity contribution in [3.05, 3.63) is 42.2 Å². The first kappa shape index (κ1) is 19.7. The lowest BCUT2D eigenvalue weighted by Gasteiger charge is -2.29. The van der Waals surface area contributed by atoms with Gasteiger partial charge in [-0.1, -0.05) is 24.3 Å². The number of piperazine rings is 1. The molecule has 2 N–H and O–H groups in total. The molecule has 0 saturated carbocycles. The van der Waals surface area contributed by atoms with Gasteiger partial charge in [0.1, 0.15) is 0 Å². The van der Waals surface area contributed by atoms with Gasteiger partial charge in [0.25, 0.3) is 0 Å². The van der Waals surface area contributed by atoms with E-state index in [4.69, 9.17) is 4.98 Å². The lowest BCUT2D eigenvalue weighted by molar-refractivity contribution is -0.122. The number of nitrogens with one attached hydrogen (secondary N) is 2. The maximum atomic E-state index is 12.4. The lowest BCUT2D eigenvalue weighted by atomic mass is 9.96. The Kier molecular flexibility index (Phi) is 5.90. The third-order valence-electron chi connectivity index (χ3n) is 5.84. The summed E-state index contributed by atoms with van der Waals surface area (Å²) in [7, 11) is 0. The first-order chi connectivity index (χ1) is 13.5. The van der Waals surface area contributed by atoms with Gasteiger partial charge in [-0.05, 0) is 44.7 Å². The Morgan fingerprint density at radius 2 is 2.00 bits per heavy atom. The van der Waals surface area contributed by atoms with Gasteiger partial charge in [-0.2, -0.15) is 0 Å². The van der Waals surface area contributed by atoms with Crippen LogP contribution in [-0.2, 0) is 4.79 Å². The summed E-state index contributed by atoms with van der Waals surface area (Å²) in [6, 6.07) is 10.6. The maximum absolute atomic E-state index is 12.4. The van der Waals surface area contributed by atoms with E-state index in [-0.39, 0.29) is 21.9 Å². The van der Waals surface area contributed by atoms with Gasteiger partial charge < -0.3 is 15.5 Å². The number of pyridine rings is 1. The number of carbonyl (C=O) groups is 1. The minimum absolute atomic E-state index is 0.0826. The molecule has 28 heavy (non-hydrogen) atoms. The van der Waals surface area contributed by atoms with Gasteiger partial charge >= 0.3 is 0 Å². The Morgan fingerprint density at radius 3 is 2.71 bits per heavy atom. The van der Waals surface area contributed by atoms with Crippen LogP contribution in [0.2, 0.25) is 0 Å². The molecule has 4 rings (SSSR count). The molecule has 5 nitrogen and oxygen atoms in total. The van der Waals surface area contributed by atoms with Crippen LogP contribution < -0.4 is 10.6 Å². The number of aromatic nitrogens is 1. The third-order valence-corrected chi connectivity index (χ3v) is 7.31. The molecule has 1 aromatic heterocycles. The normalized spacial score (nSPS) is 23.6. The molecule has 2 aromatic rings. The number of hydrogen-bond donors (Lipinski definition) is 2. The summed E-state index contributed by atoms with van der Waals surface area (Å²) in [6.07, 6.45) is 4.12. The highest BCUT2D eigenvalue weighted by Crippen LogP contribution is 2.42. The lowest BCUT2D eigenvalue weighted by Crippen LogP contribution is -2.43. The van der Waals surface area contributed by atoms with Gasteiger partial charge in [0.15, 0.2) is 0 Å². The van der Waals surface area contributed by atoms with Gasteiger partial charge in [-0.15, -0.1) is 11.8 Å². The molecule has 2 saturated heterocycles. The average molecular weight is 399 g/mol. The minimum atomic E-state index is -0.377. The van der Waals surface area contributed by atoms with E-state index in [0.717, 1.165) is 56.6 Å². The van der Waals surface area contributed by atoms with Crippen LogP contribution in [0.5, 0.6) is 0 Å². The van der Waals surface area contributed by atoms with Gasteiger partial charge in [-0.3, -0.25) is 9.78 Å². The standard InChI is InChI=1S/C22H30N4OS/c1-22(2)21(27)25-20(28-22)18(8-5-11-26-12-9-23-10-13-26)19-14-16-6-3-4-7-17(16)15-24-19/h3-4,6-7,14-15,18,20,23H,5,8-13H2,1-2H3,(H,25,27). The van der Waals surface area contributed by atoms with Crippen LogP contribution in [0.4, 0.5) is 0 Å². The van der Waals surface area contributed by atoms with Crippen molar-refractivity contribution in [1.29, 1.82) is 0 Å². The Morgan fingerprint density at radius 1 is 1.25 bits per heavy atom. The van der Waals surface area contributed by atoms with E-state index >= 15 is 0 Å². The van der Waals surface area contributed by atoms with Crippen LogP contribution in [0.25, 0.3) is 10.8 Å². The fraction of sp³-hybridized carbons (Fsp3) is 0.545. The van der Waals surface area contributed by atoms with Crippen molar-refractivity contribution < 1.29 is 4.79 Å². The fourth-order valence-corrected chi connectivity index (χ4v) is 5.52. The Bertz CT molecular complexity index is 834. The molecule has 0 spiro atoms. The van der Waals surface area contributed by atoms with E-state index in [1.807, 2.05) is 26.1 Å². The van der Waals surface area contributed by atoms with Crippen LogP contribution in [0.1, 0.15) is 38.3 Å². The van der Waals surface area contributed by atoms with Crippen LogP contribution in [0, 0.1) is 0 Å². The number of nitrogens with zero attached hydrogens (tertiary/aromatic N) is 2. The highest BCUT2D eigenvalue weighted by Gasteiger charge is 2.43. The molecule has 1 aromatic carbocycles. The number of carbonyl (C=O) groups excluding carboxylic acids is 1. The molecule has 2 unspecified atom stereocenters. The van der Waals surface area contributed by atoms with Crippen molar-refractivity contribution in [2.24, 2.45) is 0 Å². The zero-order valence-electron chi connectivity index (χ0n) is 16.8. The molecule has 0 bridgehead atoms. The summed E-state index contributed by atoms with van der Waals surface area (Å²) < 4.78 is -0.377. The zero-order chi connectivity index (χ0) is 19.6. The van der Waals surface area contributed by atoms with E-state index in [1.54, 1.807) is 11.8 Å². The fourth-order valence-electron chi connectivity index (χ4n) is 4.11. The summed E-state index contributed by atoms with van der Waals surface area (Å²) in [6.45, 7) is 9.55. The third kappa shape index (κ3) is 4.34. The van der Waals surface area contributed by atoms with E-state index in [2.05, 4.69) is 39.8 Å². The molecule has 0 radical (unpaired) electrons. The first-order valence-electron chi connectivity index (χ1n) is 10.3. The second-order valence-electron chi connectivity index (χ2n) is 8.32. The molecule has 3 heterocycles. The summed E-state index contributed by atoms with van der Waals surface area (Å²) in [5, 5.41) is 9.11. The van der Waals surface area contributed by atoms with Gasteiger partial charge in [0, 0.05) is 49.4 Å². The molecule has 2 fully saturated rings. The van der Waals surface area contributed by atoms with E-state index < -0.39 is 0 Å². The zero-order valence-corrected chi connectivity index (χ0v) is 17.6. The predicted molar refractivity (Wildman–Crippen MR) is 117 cm³/mol. The highest BCUT2D eigenvalue weighted by atomic mass is 32.2. The van der Waals surface area contributed by atoms with Crippen molar-refractivity contribution in [3.63, 3.8) is 0 Å². The topological polar surface area (TPSA) is 57.3 Å². The summed E-state index contributed by atoms with van der Waals surface area (Å²) >= 11 is 1.75. The van der Waals surface area contributed by atoms with Gasteiger partial charge in [0.05, 0.1) is 10.1 Å². The number of amides is 1. The minimum Gasteiger partial charge on any atom is -0.342 e. The smallest absolute Gasteiger partial charge is 0.236 e. The highest BCUT2D eigenvalue weighted by molar-refractivity contribution is 8.02. The predicted octanol–water partition coefficient (Wildman–Crippen LogP) is 2.97. The second-order valence-corrected chi connectivity index (χ2v) is 10.1. The largest absolute Gasteiger partial charge is 0.342 e. The van der Waals surface area contributed by atoms with Crippen LogP contribution in [0.3, 0.4) is 0 Å². The van der Waals surface area contributed by atoms with Crippen LogP contribution in [-0.4, -0.2) is 58.6 Å². The Hall–Kier alpha value is -1.63. The van der Waals surface area contributed by atoms with Crippen molar-refractivity contribution in [2.75, 3.05) is 32.7 Å². The monoisotopic (exact) mass is 398 g/mol. The quantitative estimate of drug-likeness (QED) is 0.783. The Labute approximate surface area is 171 Å². The number of fused-ring (bicyclic) bond motifs is 1. The van der Waals surface area contributed by atoms with Crippen LogP contribution in [0.15, 0.2) is 36.5 Å². The molecule has 0 aliphatic carbocycles. The number of hydrogen-bond acceptors (Lipinski definition) is 5. The molecule has 1 amide bonds. The van der Waals surface area contributed by atoms with E-state index in [1.165, 1.54) is 5.39 Å². The van der Waals surface area contributed by atoms with E-state index in [0.29, 0.717) is 0 Å². The summed E-state index contributed by atoms with van der Waals surface area (Å²) in [5.41, 5.74) is 1.09. The maximum Gasteiger partial charge on any atom is 0.236 e. The summed E-state index contributed by atoms with van der Waals surface area (Å²) in [4.78, 5) is 19.7. The molecule has 2 aliphatic heterocycles. The Balaban J connectivity index is 1.52. The van der Waals surface area contributed by atoms with Crippen molar-refractivity contribution in [1.82, 2.24) is 20.5 Å². The number of thioether (sulfide) groups is 1. The van der Waals surface area contributed by atoms with E-state index in [9.17, 15) is 4.79 Å². The average Bonchev–Trinajstić information content (AvgIpc) is 2.98. The first-order valence-corrected chi connectivity index (χ1v) is 11.2.